The van der Waals surface area contributed by atoms with E-state index in [1.807, 2.05) is 32.9 Å². The molecule has 0 amide bonds. The maximum absolute atomic E-state index is 12.3. The van der Waals surface area contributed by atoms with E-state index in [9.17, 15) is 4.21 Å². The topological polar surface area (TPSA) is 38.3 Å². The molecule has 0 radical (unpaired) electrons. The number of halogens is 1. The number of rotatable bonds is 6. The van der Waals surface area contributed by atoms with Gasteiger partial charge in [0.1, 0.15) is 0 Å². The van der Waals surface area contributed by atoms with Gasteiger partial charge in [-0.2, -0.15) is 0 Å². The molecule has 7 heteroatoms. The van der Waals surface area contributed by atoms with Gasteiger partial charge in [-0.3, -0.25) is 0 Å². The Labute approximate surface area is 153 Å². The lowest BCUT2D eigenvalue weighted by molar-refractivity contribution is 0.191. The minimum absolute atomic E-state index is 0.121. The molecule has 0 aromatic carbocycles. The molecule has 1 aromatic rings. The van der Waals surface area contributed by atoms with Crippen molar-refractivity contribution in [2.45, 2.75) is 70.5 Å². The molecular weight excluding hydrogens is 366 g/mol. The van der Waals surface area contributed by atoms with Crippen LogP contribution in [0.1, 0.15) is 52.5 Å². The highest BCUT2D eigenvalue weighted by molar-refractivity contribution is 7.84. The third kappa shape index (κ3) is 6.25. The Bertz CT molecular complexity index is 547. The van der Waals surface area contributed by atoms with E-state index in [4.69, 9.17) is 16.0 Å². The minimum Gasteiger partial charge on any atom is -0.408 e. The predicted octanol–water partition coefficient (Wildman–Crippen LogP) is 5.52. The second kappa shape index (κ2) is 7.66. The third-order valence-electron chi connectivity index (χ3n) is 4.11. The molecule has 0 saturated carbocycles. The molecule has 0 aliphatic carbocycles. The summed E-state index contributed by atoms with van der Waals surface area (Å²) in [6.45, 7) is 17.5. The Morgan fingerprint density at radius 2 is 1.83 bits per heavy atom. The lowest BCUT2D eigenvalue weighted by Crippen LogP contribution is -2.44. The van der Waals surface area contributed by atoms with Crippen LogP contribution in [0.5, 0.6) is 0 Å². The maximum atomic E-state index is 12.3. The molecule has 2 atom stereocenters. The zero-order chi connectivity index (χ0) is 18.1. The lowest BCUT2D eigenvalue weighted by atomic mass is 10.2. The molecule has 23 heavy (non-hydrogen) atoms. The summed E-state index contributed by atoms with van der Waals surface area (Å²) in [4.78, 5) is 1.08. The van der Waals surface area contributed by atoms with Gasteiger partial charge in [-0.15, -0.1) is 11.3 Å². The molecule has 134 valence electrons. The minimum atomic E-state index is -1.93. The van der Waals surface area contributed by atoms with Crippen LogP contribution in [0.2, 0.25) is 22.5 Å². The molecule has 1 heterocycles. The highest BCUT2D eigenvalue weighted by Crippen LogP contribution is 2.41. The van der Waals surface area contributed by atoms with E-state index in [-0.39, 0.29) is 15.9 Å². The van der Waals surface area contributed by atoms with E-state index < -0.39 is 19.3 Å². The van der Waals surface area contributed by atoms with Crippen LogP contribution in [-0.4, -0.2) is 23.8 Å². The molecule has 0 bridgehead atoms. The van der Waals surface area contributed by atoms with Gasteiger partial charge in [0.25, 0.3) is 0 Å². The van der Waals surface area contributed by atoms with Crippen LogP contribution in [0.25, 0.3) is 0 Å². The Morgan fingerprint density at radius 1 is 1.26 bits per heavy atom. The first-order valence-corrected chi connectivity index (χ1v) is 13.1. The number of thiophene rings is 1. The van der Waals surface area contributed by atoms with Crippen molar-refractivity contribution in [1.82, 2.24) is 4.72 Å². The van der Waals surface area contributed by atoms with Gasteiger partial charge < -0.3 is 4.43 Å². The van der Waals surface area contributed by atoms with Crippen LogP contribution in [0.4, 0.5) is 0 Å². The highest BCUT2D eigenvalue weighted by atomic mass is 35.5. The van der Waals surface area contributed by atoms with E-state index >= 15 is 0 Å². The number of nitrogens with one attached hydrogen (secondary N) is 1. The van der Waals surface area contributed by atoms with Crippen molar-refractivity contribution in [1.29, 1.82) is 0 Å². The molecular formula is C16H30ClNO2S2Si. The summed E-state index contributed by atoms with van der Waals surface area (Å²) in [5, 5.41) is 0.121. The van der Waals surface area contributed by atoms with Crippen LogP contribution in [0, 0.1) is 0 Å². The van der Waals surface area contributed by atoms with Crippen molar-refractivity contribution in [3.63, 3.8) is 0 Å². The van der Waals surface area contributed by atoms with Crippen molar-refractivity contribution < 1.29 is 8.63 Å². The zero-order valence-corrected chi connectivity index (χ0v) is 18.8. The van der Waals surface area contributed by atoms with Crippen LogP contribution in [0.3, 0.4) is 0 Å². The second-order valence-electron chi connectivity index (χ2n) is 8.24. The first kappa shape index (κ1) is 21.3. The van der Waals surface area contributed by atoms with Crippen molar-refractivity contribution in [2.24, 2.45) is 0 Å². The molecule has 0 saturated heterocycles. The summed E-state index contributed by atoms with van der Waals surface area (Å²) >= 11 is 7.62. The summed E-state index contributed by atoms with van der Waals surface area (Å²) in [6, 6.07) is 3.90. The SMILES string of the molecule is CC(C)(C)S(=O)NC[C@H](O[Si](C)(C)C(C)(C)C)c1ccc(Cl)s1. The smallest absolute Gasteiger partial charge is 0.193 e. The molecule has 0 fully saturated rings. The average molecular weight is 396 g/mol. The summed E-state index contributed by atoms with van der Waals surface area (Å²) in [6.07, 6.45) is -0.125. The van der Waals surface area contributed by atoms with Gasteiger partial charge in [-0.05, 0) is 51.0 Å². The van der Waals surface area contributed by atoms with Crippen LogP contribution >= 0.6 is 22.9 Å². The van der Waals surface area contributed by atoms with Gasteiger partial charge >= 0.3 is 0 Å². The summed E-state index contributed by atoms with van der Waals surface area (Å²) in [5.74, 6) is 0. The zero-order valence-electron chi connectivity index (χ0n) is 15.5. The third-order valence-corrected chi connectivity index (χ3v) is 11.5. The first-order chi connectivity index (χ1) is 10.2. The lowest BCUT2D eigenvalue weighted by Gasteiger charge is -2.39. The normalized spacial score (nSPS) is 16.4. The quantitative estimate of drug-likeness (QED) is 0.644. The average Bonchev–Trinajstić information content (AvgIpc) is 2.78. The monoisotopic (exact) mass is 395 g/mol. The van der Waals surface area contributed by atoms with Gasteiger partial charge in [0.05, 0.1) is 26.2 Å². The van der Waals surface area contributed by atoms with E-state index in [2.05, 4.69) is 38.6 Å². The number of hydrogen-bond acceptors (Lipinski definition) is 3. The fraction of sp³-hybridized carbons (Fsp3) is 0.750. The Morgan fingerprint density at radius 3 is 2.22 bits per heavy atom. The summed E-state index contributed by atoms with van der Waals surface area (Å²) < 4.78 is 22.5. The van der Waals surface area contributed by atoms with Crippen LogP contribution in [0.15, 0.2) is 12.1 Å². The predicted molar refractivity (Wildman–Crippen MR) is 106 cm³/mol. The molecule has 1 unspecified atom stereocenters. The molecule has 1 rings (SSSR count). The fourth-order valence-corrected chi connectivity index (χ4v) is 4.79. The van der Waals surface area contributed by atoms with Gasteiger partial charge in [0.2, 0.25) is 0 Å². The summed E-state index contributed by atoms with van der Waals surface area (Å²) in [5.41, 5.74) is 0. The van der Waals surface area contributed by atoms with Gasteiger partial charge in [0.15, 0.2) is 8.32 Å². The molecule has 1 aromatic heterocycles. The molecule has 0 aliphatic rings. The van der Waals surface area contributed by atoms with Crippen LogP contribution < -0.4 is 4.72 Å². The van der Waals surface area contributed by atoms with Gasteiger partial charge in [-0.1, -0.05) is 32.4 Å². The Balaban J connectivity index is 2.94. The molecule has 0 aliphatic heterocycles. The molecule has 1 N–H and O–H groups in total. The Kier molecular flexibility index (Phi) is 7.10. The van der Waals surface area contributed by atoms with Crippen molar-refractivity contribution in [2.75, 3.05) is 6.54 Å². The van der Waals surface area contributed by atoms with Crippen molar-refractivity contribution in [3.05, 3.63) is 21.3 Å². The fourth-order valence-electron chi connectivity index (χ4n) is 1.60. The van der Waals surface area contributed by atoms with E-state index in [0.29, 0.717) is 6.54 Å². The maximum Gasteiger partial charge on any atom is 0.193 e. The highest BCUT2D eigenvalue weighted by Gasteiger charge is 2.40. The summed E-state index contributed by atoms with van der Waals surface area (Å²) in [7, 11) is -3.05. The molecule has 0 spiro atoms. The number of hydrogen-bond donors (Lipinski definition) is 1. The van der Waals surface area contributed by atoms with E-state index in [0.717, 1.165) is 9.21 Å². The van der Waals surface area contributed by atoms with Crippen molar-refractivity contribution >= 4 is 42.2 Å². The standard InChI is InChI=1S/C16H30ClNO2S2Si/c1-15(2,3)22(19)18-11-12(13-9-10-14(17)21-13)20-23(7,8)16(4,5)6/h9-10,12,18H,11H2,1-8H3/t12-,22?/m0/s1. The van der Waals surface area contributed by atoms with E-state index in [1.165, 1.54) is 11.3 Å². The largest absolute Gasteiger partial charge is 0.408 e. The van der Waals surface area contributed by atoms with Crippen molar-refractivity contribution in [3.8, 4) is 0 Å². The van der Waals surface area contributed by atoms with Gasteiger partial charge in [-0.25, -0.2) is 8.93 Å². The first-order valence-electron chi connectivity index (χ1n) is 7.82. The van der Waals surface area contributed by atoms with E-state index in [1.54, 1.807) is 0 Å². The van der Waals surface area contributed by atoms with Crippen LogP contribution in [-0.2, 0) is 15.4 Å². The van der Waals surface area contributed by atoms with Gasteiger partial charge in [0, 0.05) is 11.4 Å². The Hall–Kier alpha value is 0.277. The second-order valence-corrected chi connectivity index (χ2v) is 16.8. The molecule has 3 nitrogen and oxygen atoms in total.